The van der Waals surface area contributed by atoms with Crippen molar-refractivity contribution in [1.29, 1.82) is 0 Å². The van der Waals surface area contributed by atoms with Crippen LogP contribution < -0.4 is 9.80 Å². The van der Waals surface area contributed by atoms with Crippen LogP contribution in [0.15, 0.2) is 41.8 Å². The third-order valence-electron chi connectivity index (χ3n) is 4.69. The van der Waals surface area contributed by atoms with E-state index in [1.54, 1.807) is 17.4 Å². The number of para-hydroxylation sites is 1. The van der Waals surface area contributed by atoms with Gasteiger partial charge in [0, 0.05) is 36.4 Å². The number of fused-ring (bicyclic) bond motifs is 1. The van der Waals surface area contributed by atoms with Crippen LogP contribution in [0.1, 0.15) is 15.2 Å². The highest BCUT2D eigenvalue weighted by molar-refractivity contribution is 7.10. The molecule has 6 heteroatoms. The third kappa shape index (κ3) is 2.93. The normalized spacial score (nSPS) is 14.9. The Labute approximate surface area is 150 Å². The molecular weight excluding hydrogens is 334 g/mol. The summed E-state index contributed by atoms with van der Waals surface area (Å²) in [5.41, 5.74) is 2.40. The Balaban J connectivity index is 1.63. The lowest BCUT2D eigenvalue weighted by atomic mass is 10.1. The number of carboxylic acids is 1. The van der Waals surface area contributed by atoms with Crippen LogP contribution in [0.25, 0.3) is 10.9 Å². The lowest BCUT2D eigenvalue weighted by Crippen LogP contribution is -2.47. The zero-order chi connectivity index (χ0) is 17.4. The molecule has 1 aliphatic rings. The van der Waals surface area contributed by atoms with Crippen LogP contribution in [0, 0.1) is 6.92 Å². The number of pyridine rings is 1. The number of rotatable bonds is 3. The van der Waals surface area contributed by atoms with Gasteiger partial charge in [-0.05, 0) is 30.5 Å². The molecule has 3 heterocycles. The molecule has 0 unspecified atom stereocenters. The molecule has 25 heavy (non-hydrogen) atoms. The summed E-state index contributed by atoms with van der Waals surface area (Å²) >= 11 is 1.76. The van der Waals surface area contributed by atoms with Crippen LogP contribution in [0.5, 0.6) is 0 Å². The summed E-state index contributed by atoms with van der Waals surface area (Å²) in [6.07, 6.45) is 0. The van der Waals surface area contributed by atoms with E-state index in [0.29, 0.717) is 5.82 Å². The maximum atomic E-state index is 11.7. The van der Waals surface area contributed by atoms with Gasteiger partial charge >= 0.3 is 5.97 Å². The second-order valence-corrected chi connectivity index (χ2v) is 7.31. The Bertz CT molecular complexity index is 929. The SMILES string of the molecule is Cc1sccc1N1CCN(c2nc3ccccc3cc2C(=O)O)CC1. The summed E-state index contributed by atoms with van der Waals surface area (Å²) in [4.78, 5) is 22.2. The molecule has 5 nitrogen and oxygen atoms in total. The van der Waals surface area contributed by atoms with E-state index in [4.69, 9.17) is 0 Å². The number of anilines is 2. The summed E-state index contributed by atoms with van der Waals surface area (Å²) in [5, 5.41) is 12.6. The average molecular weight is 353 g/mol. The quantitative estimate of drug-likeness (QED) is 0.779. The second kappa shape index (κ2) is 6.37. The maximum Gasteiger partial charge on any atom is 0.339 e. The first kappa shape index (κ1) is 15.9. The molecule has 3 aromatic rings. The molecule has 1 aliphatic heterocycles. The van der Waals surface area contributed by atoms with Crippen molar-refractivity contribution < 1.29 is 9.90 Å². The second-order valence-electron chi connectivity index (χ2n) is 6.19. The van der Waals surface area contributed by atoms with Gasteiger partial charge in [-0.2, -0.15) is 0 Å². The molecule has 1 aromatic carbocycles. The lowest BCUT2D eigenvalue weighted by Gasteiger charge is -2.37. The fourth-order valence-corrected chi connectivity index (χ4v) is 4.09. The van der Waals surface area contributed by atoms with Crippen molar-refractivity contribution in [3.8, 4) is 0 Å². The van der Waals surface area contributed by atoms with E-state index in [1.807, 2.05) is 24.3 Å². The molecule has 0 spiro atoms. The lowest BCUT2D eigenvalue weighted by molar-refractivity contribution is 0.0697. The fraction of sp³-hybridized carbons (Fsp3) is 0.263. The minimum Gasteiger partial charge on any atom is -0.478 e. The Morgan fingerprint density at radius 2 is 1.84 bits per heavy atom. The molecule has 1 saturated heterocycles. The number of nitrogens with zero attached hydrogens (tertiary/aromatic N) is 3. The molecule has 0 amide bonds. The van der Waals surface area contributed by atoms with Gasteiger partial charge in [-0.15, -0.1) is 11.3 Å². The topological polar surface area (TPSA) is 56.7 Å². The molecule has 4 rings (SSSR count). The molecule has 0 aliphatic carbocycles. The predicted molar refractivity (Wildman–Crippen MR) is 102 cm³/mol. The smallest absolute Gasteiger partial charge is 0.339 e. The number of benzene rings is 1. The van der Waals surface area contributed by atoms with Crippen LogP contribution >= 0.6 is 11.3 Å². The van der Waals surface area contributed by atoms with Crippen molar-refractivity contribution in [2.24, 2.45) is 0 Å². The van der Waals surface area contributed by atoms with Crippen LogP contribution in [0.4, 0.5) is 11.5 Å². The number of thiophene rings is 1. The highest BCUT2D eigenvalue weighted by Crippen LogP contribution is 2.29. The zero-order valence-corrected chi connectivity index (χ0v) is 14.8. The van der Waals surface area contributed by atoms with Gasteiger partial charge in [0.05, 0.1) is 11.2 Å². The van der Waals surface area contributed by atoms with Gasteiger partial charge in [-0.1, -0.05) is 18.2 Å². The third-order valence-corrected chi connectivity index (χ3v) is 5.52. The fourth-order valence-electron chi connectivity index (χ4n) is 3.37. The number of carbonyl (C=O) groups is 1. The number of aromatic carboxylic acids is 1. The van der Waals surface area contributed by atoms with Gasteiger partial charge in [0.1, 0.15) is 11.4 Å². The summed E-state index contributed by atoms with van der Waals surface area (Å²) in [5.74, 6) is -0.350. The van der Waals surface area contributed by atoms with E-state index < -0.39 is 5.97 Å². The molecule has 128 valence electrons. The van der Waals surface area contributed by atoms with E-state index in [1.165, 1.54) is 10.6 Å². The highest BCUT2D eigenvalue weighted by Gasteiger charge is 2.24. The Hall–Kier alpha value is -2.60. The van der Waals surface area contributed by atoms with E-state index in [0.717, 1.165) is 37.1 Å². The Morgan fingerprint density at radius 3 is 2.52 bits per heavy atom. The van der Waals surface area contributed by atoms with Crippen LogP contribution in [0.2, 0.25) is 0 Å². The Morgan fingerprint density at radius 1 is 1.12 bits per heavy atom. The van der Waals surface area contributed by atoms with Crippen LogP contribution in [0.3, 0.4) is 0 Å². The molecule has 1 N–H and O–H groups in total. The van der Waals surface area contributed by atoms with Crippen molar-refractivity contribution >= 4 is 39.7 Å². The summed E-state index contributed by atoms with van der Waals surface area (Å²) < 4.78 is 0. The summed E-state index contributed by atoms with van der Waals surface area (Å²) in [6.45, 7) is 5.40. The van der Waals surface area contributed by atoms with Gasteiger partial charge in [0.15, 0.2) is 0 Å². The average Bonchev–Trinajstić information content (AvgIpc) is 3.06. The van der Waals surface area contributed by atoms with Crippen molar-refractivity contribution in [3.63, 3.8) is 0 Å². The first-order chi connectivity index (χ1) is 12.1. The van der Waals surface area contributed by atoms with E-state index >= 15 is 0 Å². The molecule has 2 aromatic heterocycles. The largest absolute Gasteiger partial charge is 0.478 e. The van der Waals surface area contributed by atoms with Crippen molar-refractivity contribution in [3.05, 3.63) is 52.2 Å². The van der Waals surface area contributed by atoms with Gasteiger partial charge in [-0.3, -0.25) is 0 Å². The van der Waals surface area contributed by atoms with E-state index in [9.17, 15) is 9.90 Å². The summed E-state index contributed by atoms with van der Waals surface area (Å²) in [6, 6.07) is 11.5. The first-order valence-electron chi connectivity index (χ1n) is 8.30. The number of carboxylic acid groups (broad SMARTS) is 1. The van der Waals surface area contributed by atoms with Crippen molar-refractivity contribution in [1.82, 2.24) is 4.98 Å². The number of piperazine rings is 1. The predicted octanol–water partition coefficient (Wildman–Crippen LogP) is 3.63. The van der Waals surface area contributed by atoms with E-state index in [2.05, 4.69) is 33.2 Å². The van der Waals surface area contributed by atoms with Gasteiger partial charge in [0.2, 0.25) is 0 Å². The molecule has 0 saturated carbocycles. The zero-order valence-electron chi connectivity index (χ0n) is 14.0. The minimum atomic E-state index is -0.927. The van der Waals surface area contributed by atoms with Crippen LogP contribution in [-0.2, 0) is 0 Å². The maximum absolute atomic E-state index is 11.7. The standard InChI is InChI=1S/C19H19N3O2S/c1-13-17(6-11-25-13)21-7-9-22(10-8-21)18-15(19(23)24)12-14-4-2-3-5-16(14)20-18/h2-6,11-12H,7-10H2,1H3,(H,23,24). The highest BCUT2D eigenvalue weighted by atomic mass is 32.1. The van der Waals surface area contributed by atoms with Gasteiger partial charge < -0.3 is 14.9 Å². The van der Waals surface area contributed by atoms with Gasteiger partial charge in [0.25, 0.3) is 0 Å². The Kier molecular flexibility index (Phi) is 4.05. The number of hydrogen-bond donors (Lipinski definition) is 1. The van der Waals surface area contributed by atoms with Gasteiger partial charge in [-0.25, -0.2) is 9.78 Å². The monoisotopic (exact) mass is 353 g/mol. The molecule has 1 fully saturated rings. The minimum absolute atomic E-state index is 0.277. The number of hydrogen-bond acceptors (Lipinski definition) is 5. The molecule has 0 radical (unpaired) electrons. The van der Waals surface area contributed by atoms with Crippen LogP contribution in [-0.4, -0.2) is 42.2 Å². The van der Waals surface area contributed by atoms with Crippen molar-refractivity contribution in [2.45, 2.75) is 6.92 Å². The number of aryl methyl sites for hydroxylation is 1. The molecular formula is C19H19N3O2S. The van der Waals surface area contributed by atoms with E-state index in [-0.39, 0.29) is 5.56 Å². The number of aromatic nitrogens is 1. The molecule has 0 atom stereocenters. The van der Waals surface area contributed by atoms with Crippen molar-refractivity contribution in [2.75, 3.05) is 36.0 Å². The molecule has 0 bridgehead atoms. The summed E-state index contributed by atoms with van der Waals surface area (Å²) in [7, 11) is 0. The first-order valence-corrected chi connectivity index (χ1v) is 9.18.